The first-order chi connectivity index (χ1) is 14.4. The van der Waals surface area contributed by atoms with Crippen LogP contribution in [-0.2, 0) is 0 Å². The minimum Gasteiger partial charge on any atom is -0.504 e. The highest BCUT2D eigenvalue weighted by Gasteiger charge is 2.00. The van der Waals surface area contributed by atoms with Crippen LogP contribution in [-0.4, -0.2) is 32.4 Å². The molecule has 6 nitrogen and oxygen atoms in total. The van der Waals surface area contributed by atoms with Gasteiger partial charge in [-0.3, -0.25) is 0 Å². The lowest BCUT2D eigenvalue weighted by molar-refractivity contribution is 0.0686. The van der Waals surface area contributed by atoms with Crippen LogP contribution in [0.2, 0.25) is 0 Å². The maximum absolute atomic E-state index is 10.2. The average Bonchev–Trinajstić information content (AvgIpc) is 2.77. The molecule has 0 amide bonds. The summed E-state index contributed by atoms with van der Waals surface area (Å²) in [5.74, 6) is -1.91. The molecule has 0 radical (unpaired) electrons. The summed E-state index contributed by atoms with van der Waals surface area (Å²) in [6.07, 6.45) is 0. The van der Waals surface area contributed by atoms with Crippen molar-refractivity contribution in [2.45, 2.75) is 0 Å². The number of carboxylic acids is 2. The molecule has 0 saturated heterocycles. The Kier molecular flexibility index (Phi) is 7.96. The van der Waals surface area contributed by atoms with E-state index in [0.29, 0.717) is 11.1 Å². The highest BCUT2D eigenvalue weighted by atomic mass is 16.4. The van der Waals surface area contributed by atoms with Gasteiger partial charge in [0.15, 0.2) is 11.5 Å². The van der Waals surface area contributed by atoms with Crippen LogP contribution in [0.4, 0.5) is 0 Å². The normalized spacial score (nSPS) is 9.47. The Morgan fingerprint density at radius 1 is 0.500 bits per heavy atom. The van der Waals surface area contributed by atoms with Gasteiger partial charge in [-0.05, 0) is 47.2 Å². The molecule has 30 heavy (non-hydrogen) atoms. The third kappa shape index (κ3) is 6.69. The minimum atomic E-state index is -0.879. The van der Waals surface area contributed by atoms with E-state index in [1.54, 1.807) is 72.8 Å². The lowest BCUT2D eigenvalue weighted by Crippen LogP contribution is -1.93. The number of phenolic OH excluding ortho intramolecular Hbond substituents is 2. The lowest BCUT2D eigenvalue weighted by Gasteiger charge is -2.00. The predicted molar refractivity (Wildman–Crippen MR) is 114 cm³/mol. The van der Waals surface area contributed by atoms with Crippen molar-refractivity contribution in [3.63, 3.8) is 0 Å². The molecule has 0 unspecified atom stereocenters. The van der Waals surface area contributed by atoms with Crippen LogP contribution in [0.15, 0.2) is 97.1 Å². The zero-order valence-corrected chi connectivity index (χ0v) is 15.8. The van der Waals surface area contributed by atoms with E-state index >= 15 is 0 Å². The highest BCUT2D eigenvalue weighted by molar-refractivity contribution is 5.88. The van der Waals surface area contributed by atoms with Crippen LogP contribution in [0, 0.1) is 0 Å². The maximum atomic E-state index is 10.2. The van der Waals surface area contributed by atoms with Crippen molar-refractivity contribution >= 4 is 22.7 Å². The van der Waals surface area contributed by atoms with E-state index in [9.17, 15) is 9.59 Å². The zero-order chi connectivity index (χ0) is 21.9. The van der Waals surface area contributed by atoms with Crippen LogP contribution in [0.3, 0.4) is 0 Å². The molecule has 0 aliphatic rings. The monoisotopic (exact) mass is 404 g/mol. The van der Waals surface area contributed by atoms with Crippen molar-refractivity contribution < 1.29 is 30.0 Å². The SMILES string of the molecule is O=C(O)c1ccccc1.O=C(O)c1ccccc1.Oc1cc2ccccc2cc1O. The van der Waals surface area contributed by atoms with Gasteiger partial charge in [0.1, 0.15) is 0 Å². The fraction of sp³-hybridized carbons (Fsp3) is 0. The molecule has 0 heterocycles. The van der Waals surface area contributed by atoms with E-state index in [-0.39, 0.29) is 11.5 Å². The Bertz CT molecular complexity index is 1020. The summed E-state index contributed by atoms with van der Waals surface area (Å²) in [5.41, 5.74) is 0.662. The fourth-order valence-corrected chi connectivity index (χ4v) is 2.38. The van der Waals surface area contributed by atoms with Gasteiger partial charge in [0.2, 0.25) is 0 Å². The number of hydrogen-bond donors (Lipinski definition) is 4. The summed E-state index contributed by atoms with van der Waals surface area (Å²) in [6.45, 7) is 0. The minimum absolute atomic E-state index is 0.0753. The van der Waals surface area contributed by atoms with Crippen molar-refractivity contribution in [1.29, 1.82) is 0 Å². The van der Waals surface area contributed by atoms with Crippen LogP contribution in [0.5, 0.6) is 11.5 Å². The van der Waals surface area contributed by atoms with Crippen molar-refractivity contribution in [2.24, 2.45) is 0 Å². The van der Waals surface area contributed by atoms with E-state index in [0.717, 1.165) is 10.8 Å². The second-order valence-electron chi connectivity index (χ2n) is 6.03. The lowest BCUT2D eigenvalue weighted by atomic mass is 10.1. The maximum Gasteiger partial charge on any atom is 0.335 e. The van der Waals surface area contributed by atoms with E-state index in [1.807, 2.05) is 24.3 Å². The number of rotatable bonds is 2. The standard InChI is InChI=1S/C10H8O2.2C7H6O2/c11-9-5-7-3-1-2-4-8(7)6-10(9)12;2*8-7(9)6-4-2-1-3-5-6/h1-6,11-12H;2*1-5H,(H,8,9). The number of carbonyl (C=O) groups is 2. The molecule has 4 aromatic carbocycles. The van der Waals surface area contributed by atoms with Crippen molar-refractivity contribution in [2.75, 3.05) is 0 Å². The van der Waals surface area contributed by atoms with Crippen LogP contribution in [0.1, 0.15) is 20.7 Å². The molecule has 0 aliphatic carbocycles. The van der Waals surface area contributed by atoms with E-state index in [4.69, 9.17) is 20.4 Å². The number of aromatic carboxylic acids is 2. The summed E-state index contributed by atoms with van der Waals surface area (Å²) >= 11 is 0. The first-order valence-electron chi connectivity index (χ1n) is 8.86. The highest BCUT2D eigenvalue weighted by Crippen LogP contribution is 2.29. The molecule has 0 aromatic heterocycles. The van der Waals surface area contributed by atoms with Gasteiger partial charge in [-0.25, -0.2) is 9.59 Å². The molecule has 0 aliphatic heterocycles. The molecule has 6 heteroatoms. The van der Waals surface area contributed by atoms with E-state index in [2.05, 4.69) is 0 Å². The summed E-state index contributed by atoms with van der Waals surface area (Å²) in [5, 5.41) is 37.0. The third-order valence-corrected chi connectivity index (χ3v) is 3.88. The molecule has 0 spiro atoms. The quantitative estimate of drug-likeness (QED) is 0.349. The van der Waals surface area contributed by atoms with Crippen molar-refractivity contribution in [3.8, 4) is 11.5 Å². The van der Waals surface area contributed by atoms with E-state index in [1.165, 1.54) is 0 Å². The Labute approximate surface area is 172 Å². The molecule has 0 fully saturated rings. The largest absolute Gasteiger partial charge is 0.504 e. The molecule has 152 valence electrons. The summed E-state index contributed by atoms with van der Waals surface area (Å²) in [7, 11) is 0. The van der Waals surface area contributed by atoms with Crippen molar-refractivity contribution in [3.05, 3.63) is 108 Å². The topological polar surface area (TPSA) is 115 Å². The van der Waals surface area contributed by atoms with Crippen LogP contribution < -0.4 is 0 Å². The second kappa shape index (κ2) is 10.9. The number of phenols is 2. The summed E-state index contributed by atoms with van der Waals surface area (Å²) < 4.78 is 0. The number of fused-ring (bicyclic) bond motifs is 1. The molecule has 0 saturated carbocycles. The number of carboxylic acid groups (broad SMARTS) is 2. The Morgan fingerprint density at radius 3 is 1.07 bits per heavy atom. The molecule has 4 N–H and O–H groups in total. The third-order valence-electron chi connectivity index (χ3n) is 3.88. The first kappa shape index (κ1) is 22.0. The van der Waals surface area contributed by atoms with Gasteiger partial charge in [0.05, 0.1) is 11.1 Å². The predicted octanol–water partition coefficient (Wildman–Crippen LogP) is 5.02. The van der Waals surface area contributed by atoms with Gasteiger partial charge in [0, 0.05) is 0 Å². The van der Waals surface area contributed by atoms with Crippen LogP contribution in [0.25, 0.3) is 10.8 Å². The van der Waals surface area contributed by atoms with Gasteiger partial charge >= 0.3 is 11.9 Å². The van der Waals surface area contributed by atoms with Gasteiger partial charge < -0.3 is 20.4 Å². The molecule has 0 bridgehead atoms. The second-order valence-corrected chi connectivity index (χ2v) is 6.03. The molecular weight excluding hydrogens is 384 g/mol. The summed E-state index contributed by atoms with van der Waals surface area (Å²) in [6, 6.07) is 27.2. The van der Waals surface area contributed by atoms with Crippen molar-refractivity contribution in [1.82, 2.24) is 0 Å². The number of hydrogen-bond acceptors (Lipinski definition) is 4. The number of aromatic hydroxyl groups is 2. The molecule has 4 rings (SSSR count). The Morgan fingerprint density at radius 2 is 0.800 bits per heavy atom. The van der Waals surface area contributed by atoms with Gasteiger partial charge in [0.25, 0.3) is 0 Å². The Hall–Kier alpha value is -4.32. The molecular formula is C24H20O6. The smallest absolute Gasteiger partial charge is 0.335 e. The van der Waals surface area contributed by atoms with Gasteiger partial charge in [-0.1, -0.05) is 60.7 Å². The zero-order valence-electron chi connectivity index (χ0n) is 15.8. The van der Waals surface area contributed by atoms with Gasteiger partial charge in [-0.15, -0.1) is 0 Å². The van der Waals surface area contributed by atoms with Crippen LogP contribution >= 0.6 is 0 Å². The average molecular weight is 404 g/mol. The number of benzene rings is 4. The first-order valence-corrected chi connectivity index (χ1v) is 8.86. The van der Waals surface area contributed by atoms with Gasteiger partial charge in [-0.2, -0.15) is 0 Å². The fourth-order valence-electron chi connectivity index (χ4n) is 2.38. The molecule has 4 aromatic rings. The molecule has 0 atom stereocenters. The van der Waals surface area contributed by atoms with E-state index < -0.39 is 11.9 Å². The Balaban J connectivity index is 0.000000163. The summed E-state index contributed by atoms with van der Waals surface area (Å²) in [4.78, 5) is 20.4.